The third-order valence-electron chi connectivity index (χ3n) is 4.38. The Morgan fingerprint density at radius 1 is 1.38 bits per heavy atom. The molecule has 1 aromatic rings. The Morgan fingerprint density at radius 2 is 2.19 bits per heavy atom. The maximum absolute atomic E-state index is 11.6. The third kappa shape index (κ3) is 2.68. The normalized spacial score (nSPS) is 22.5. The number of amides is 2. The number of carbonyl (C=O) groups excluding carboxylic acids is 1. The van der Waals surface area contributed by atoms with Crippen LogP contribution in [0.1, 0.15) is 25.2 Å². The number of hydrogen-bond donors (Lipinski definition) is 1. The van der Waals surface area contributed by atoms with Crippen LogP contribution in [0, 0.1) is 0 Å². The molecule has 0 bridgehead atoms. The van der Waals surface area contributed by atoms with Gasteiger partial charge in [0.15, 0.2) is 0 Å². The van der Waals surface area contributed by atoms with Crippen LogP contribution in [0.4, 0.5) is 4.79 Å². The first kappa shape index (κ1) is 14.8. The minimum atomic E-state index is 0.0905. The Kier molecular flexibility index (Phi) is 4.21. The molecule has 0 aromatic carbocycles. The predicted octanol–water partition coefficient (Wildman–Crippen LogP) is 1.44. The molecule has 2 amide bonds. The van der Waals surface area contributed by atoms with E-state index in [9.17, 15) is 4.79 Å². The molecule has 0 radical (unpaired) electrons. The van der Waals surface area contributed by atoms with Gasteiger partial charge in [0, 0.05) is 39.3 Å². The van der Waals surface area contributed by atoms with Crippen molar-refractivity contribution >= 4 is 22.0 Å². The summed E-state index contributed by atoms with van der Waals surface area (Å²) in [6, 6.07) is 0.404. The molecule has 1 atom stereocenters. The van der Waals surface area contributed by atoms with Gasteiger partial charge in [-0.05, 0) is 29.3 Å². The molecule has 0 saturated carbocycles. The van der Waals surface area contributed by atoms with Crippen molar-refractivity contribution in [2.45, 2.75) is 39.4 Å². The Hall–Kier alpha value is -1.08. The van der Waals surface area contributed by atoms with Crippen LogP contribution in [0.2, 0.25) is 0 Å². The first-order valence-corrected chi connectivity index (χ1v) is 8.44. The van der Waals surface area contributed by atoms with E-state index >= 15 is 0 Å². The van der Waals surface area contributed by atoms with E-state index in [1.165, 1.54) is 5.69 Å². The molecule has 116 valence electrons. The summed E-state index contributed by atoms with van der Waals surface area (Å²) >= 11 is 3.71. The molecular formula is C14H22BrN5O. The molecule has 7 heteroatoms. The van der Waals surface area contributed by atoms with E-state index in [0.29, 0.717) is 6.04 Å². The van der Waals surface area contributed by atoms with Gasteiger partial charge in [-0.2, -0.15) is 5.10 Å². The average Bonchev–Trinajstić information content (AvgIpc) is 3.01. The maximum Gasteiger partial charge on any atom is 0.317 e. The lowest BCUT2D eigenvalue weighted by Gasteiger charge is -2.36. The van der Waals surface area contributed by atoms with E-state index in [-0.39, 0.29) is 6.03 Å². The van der Waals surface area contributed by atoms with Crippen molar-refractivity contribution < 1.29 is 4.79 Å². The third-order valence-corrected chi connectivity index (χ3v) is 5.30. The van der Waals surface area contributed by atoms with Gasteiger partial charge in [0.25, 0.3) is 0 Å². The van der Waals surface area contributed by atoms with Crippen LogP contribution in [0.3, 0.4) is 0 Å². The van der Waals surface area contributed by atoms with Gasteiger partial charge in [0.2, 0.25) is 0 Å². The van der Waals surface area contributed by atoms with Crippen LogP contribution < -0.4 is 5.32 Å². The van der Waals surface area contributed by atoms with E-state index < -0.39 is 0 Å². The molecule has 2 aliphatic rings. The van der Waals surface area contributed by atoms with Crippen LogP contribution in [0.5, 0.6) is 0 Å². The molecule has 21 heavy (non-hydrogen) atoms. The van der Waals surface area contributed by atoms with Crippen molar-refractivity contribution in [2.75, 3.05) is 26.2 Å². The molecule has 2 fully saturated rings. The summed E-state index contributed by atoms with van der Waals surface area (Å²) < 4.78 is 3.24. The van der Waals surface area contributed by atoms with Gasteiger partial charge in [-0.3, -0.25) is 9.58 Å². The smallest absolute Gasteiger partial charge is 0.317 e. The minimum Gasteiger partial charge on any atom is -0.336 e. The van der Waals surface area contributed by atoms with Crippen molar-refractivity contribution in [2.24, 2.45) is 0 Å². The number of nitrogens with one attached hydrogen (secondary N) is 1. The summed E-state index contributed by atoms with van der Waals surface area (Å²) in [4.78, 5) is 16.0. The van der Waals surface area contributed by atoms with Crippen molar-refractivity contribution in [3.63, 3.8) is 0 Å². The lowest BCUT2D eigenvalue weighted by Crippen LogP contribution is -2.51. The Morgan fingerprint density at radius 3 is 2.90 bits per heavy atom. The van der Waals surface area contributed by atoms with Crippen LogP contribution in [0.15, 0.2) is 4.47 Å². The number of carbonyl (C=O) groups is 1. The topological polar surface area (TPSA) is 53.4 Å². The second-order valence-corrected chi connectivity index (χ2v) is 6.44. The SMILES string of the molecule is CCc1nn(CC)c(CN2CCN3C(=O)NCC3C2)c1Br. The molecule has 3 rings (SSSR count). The number of aromatic nitrogens is 2. The van der Waals surface area contributed by atoms with Gasteiger partial charge in [-0.25, -0.2) is 4.79 Å². The number of rotatable bonds is 4. The Labute approximate surface area is 133 Å². The van der Waals surface area contributed by atoms with Gasteiger partial charge in [-0.1, -0.05) is 6.92 Å². The van der Waals surface area contributed by atoms with Gasteiger partial charge >= 0.3 is 6.03 Å². The number of aryl methyl sites for hydroxylation is 2. The molecular weight excluding hydrogens is 334 g/mol. The highest BCUT2D eigenvalue weighted by Crippen LogP contribution is 2.25. The maximum atomic E-state index is 11.6. The van der Waals surface area contributed by atoms with Crippen LogP contribution >= 0.6 is 15.9 Å². The lowest BCUT2D eigenvalue weighted by atomic mass is 10.2. The second-order valence-electron chi connectivity index (χ2n) is 5.65. The average molecular weight is 356 g/mol. The zero-order valence-electron chi connectivity index (χ0n) is 12.6. The Balaban J connectivity index is 1.73. The monoisotopic (exact) mass is 355 g/mol. The fraction of sp³-hybridized carbons (Fsp3) is 0.714. The second kappa shape index (κ2) is 5.96. The fourth-order valence-electron chi connectivity index (χ4n) is 3.19. The first-order chi connectivity index (χ1) is 10.1. The van der Waals surface area contributed by atoms with Crippen molar-refractivity contribution in [1.82, 2.24) is 24.9 Å². The summed E-state index contributed by atoms with van der Waals surface area (Å²) in [7, 11) is 0. The minimum absolute atomic E-state index is 0.0905. The summed E-state index contributed by atoms with van der Waals surface area (Å²) in [5.41, 5.74) is 2.38. The van der Waals surface area contributed by atoms with Crippen LogP contribution in [0.25, 0.3) is 0 Å². The quantitative estimate of drug-likeness (QED) is 0.888. The Bertz CT molecular complexity index is 544. The summed E-state index contributed by atoms with van der Waals surface area (Å²) in [5, 5.41) is 7.58. The van der Waals surface area contributed by atoms with Crippen molar-refractivity contribution in [1.29, 1.82) is 0 Å². The van der Waals surface area contributed by atoms with Crippen molar-refractivity contribution in [3.8, 4) is 0 Å². The first-order valence-electron chi connectivity index (χ1n) is 7.64. The molecule has 6 nitrogen and oxygen atoms in total. The van der Waals surface area contributed by atoms with E-state index in [1.54, 1.807) is 0 Å². The van der Waals surface area contributed by atoms with Gasteiger partial charge in [0.05, 0.1) is 21.9 Å². The zero-order valence-corrected chi connectivity index (χ0v) is 14.2. The summed E-state index contributed by atoms with van der Waals surface area (Å²) in [6.07, 6.45) is 0.940. The number of hydrogen-bond acceptors (Lipinski definition) is 3. The van der Waals surface area contributed by atoms with Crippen LogP contribution in [-0.2, 0) is 19.5 Å². The standard InChI is InChI=1S/C14H22BrN5O/c1-3-11-13(15)12(20(4-2)17-11)9-18-5-6-19-10(8-18)7-16-14(19)21/h10H,3-9H2,1-2H3,(H,16,21). The van der Waals surface area contributed by atoms with E-state index in [4.69, 9.17) is 0 Å². The van der Waals surface area contributed by atoms with E-state index in [1.807, 2.05) is 4.90 Å². The summed E-state index contributed by atoms with van der Waals surface area (Å²) in [5.74, 6) is 0. The molecule has 2 saturated heterocycles. The molecule has 0 aliphatic carbocycles. The van der Waals surface area contributed by atoms with Crippen LogP contribution in [-0.4, -0.2) is 57.8 Å². The molecule has 1 unspecified atom stereocenters. The number of nitrogens with zero attached hydrogens (tertiary/aromatic N) is 4. The van der Waals surface area contributed by atoms with Gasteiger partial charge < -0.3 is 10.2 Å². The highest BCUT2D eigenvalue weighted by atomic mass is 79.9. The number of piperazine rings is 1. The fourth-order valence-corrected chi connectivity index (χ4v) is 3.88. The molecule has 1 aromatic heterocycles. The highest BCUT2D eigenvalue weighted by Gasteiger charge is 2.35. The molecule has 1 N–H and O–H groups in total. The number of urea groups is 1. The largest absolute Gasteiger partial charge is 0.336 e. The number of fused-ring (bicyclic) bond motifs is 1. The van der Waals surface area contributed by atoms with E-state index in [2.05, 4.69) is 49.8 Å². The van der Waals surface area contributed by atoms with E-state index in [0.717, 1.165) is 55.9 Å². The lowest BCUT2D eigenvalue weighted by molar-refractivity contribution is 0.114. The zero-order chi connectivity index (χ0) is 15.0. The van der Waals surface area contributed by atoms with Gasteiger partial charge in [0.1, 0.15) is 0 Å². The molecule has 0 spiro atoms. The predicted molar refractivity (Wildman–Crippen MR) is 84.1 cm³/mol. The molecule has 2 aliphatic heterocycles. The number of halogens is 1. The van der Waals surface area contributed by atoms with Crippen molar-refractivity contribution in [3.05, 3.63) is 15.9 Å². The highest BCUT2D eigenvalue weighted by molar-refractivity contribution is 9.10. The summed E-state index contributed by atoms with van der Waals surface area (Å²) in [6.45, 7) is 9.47. The molecule has 3 heterocycles. The van der Waals surface area contributed by atoms with Gasteiger partial charge in [-0.15, -0.1) is 0 Å².